The maximum Gasteiger partial charge on any atom is 0.261 e. The molecule has 1 aromatic carbocycles. The Morgan fingerprint density at radius 2 is 2.17 bits per heavy atom. The van der Waals surface area contributed by atoms with Crippen molar-refractivity contribution >= 4 is 34.3 Å². The summed E-state index contributed by atoms with van der Waals surface area (Å²) in [5, 5.41) is 0.652. The fraction of sp³-hybridized carbons (Fsp3) is 0.385. The van der Waals surface area contributed by atoms with Crippen LogP contribution in [0.25, 0.3) is 10.9 Å². The van der Waals surface area contributed by atoms with Gasteiger partial charge in [0.15, 0.2) is 0 Å². The van der Waals surface area contributed by atoms with Gasteiger partial charge in [0.1, 0.15) is 5.82 Å². The number of nitrogens with zero attached hydrogens (tertiary/aromatic N) is 2. The molecule has 18 heavy (non-hydrogen) atoms. The summed E-state index contributed by atoms with van der Waals surface area (Å²) in [5.74, 6) is 1.75. The number of fused-ring (bicyclic) bond motifs is 1. The predicted molar refractivity (Wildman–Crippen MR) is 78.7 cm³/mol. The van der Waals surface area contributed by atoms with E-state index >= 15 is 0 Å². The average Bonchev–Trinajstić information content (AvgIpc) is 2.38. The molecule has 96 valence electrons. The molecule has 2 rings (SSSR count). The van der Waals surface area contributed by atoms with Crippen LogP contribution in [-0.2, 0) is 5.88 Å². The summed E-state index contributed by atoms with van der Waals surface area (Å²) in [6.45, 7) is 2.02. The van der Waals surface area contributed by atoms with E-state index in [0.29, 0.717) is 16.7 Å². The highest BCUT2D eigenvalue weighted by Crippen LogP contribution is 2.16. The molecule has 0 aliphatic carbocycles. The summed E-state index contributed by atoms with van der Waals surface area (Å²) < 4.78 is 1.71. The molecule has 0 N–H and O–H groups in total. The summed E-state index contributed by atoms with van der Waals surface area (Å²) in [4.78, 5) is 17.0. The summed E-state index contributed by atoms with van der Waals surface area (Å²) in [6, 6.07) is 7.48. The molecule has 2 aromatic rings. The third kappa shape index (κ3) is 2.40. The second-order valence-corrected chi connectivity index (χ2v) is 5.34. The highest BCUT2D eigenvalue weighted by molar-refractivity contribution is 7.98. The zero-order chi connectivity index (χ0) is 13.1. The van der Waals surface area contributed by atoms with Gasteiger partial charge in [-0.2, -0.15) is 11.8 Å². The standard InChI is InChI=1S/C13H15ClN2OS/c1-9(8-18-2)16-12(7-14)15-11-6-4-3-5-10(11)13(16)17/h3-6,9H,7-8H2,1-2H3. The van der Waals surface area contributed by atoms with E-state index in [9.17, 15) is 4.79 Å². The highest BCUT2D eigenvalue weighted by Gasteiger charge is 2.14. The minimum absolute atomic E-state index is 0.00204. The van der Waals surface area contributed by atoms with E-state index in [1.807, 2.05) is 37.4 Å². The highest BCUT2D eigenvalue weighted by atomic mass is 35.5. The molecule has 0 radical (unpaired) electrons. The predicted octanol–water partition coefficient (Wildman–Crippen LogP) is 3.06. The summed E-state index contributed by atoms with van der Waals surface area (Å²) in [7, 11) is 0. The maximum atomic E-state index is 12.5. The molecule has 0 aliphatic heterocycles. The van der Waals surface area contributed by atoms with Gasteiger partial charge in [-0.15, -0.1) is 11.6 Å². The number of aromatic nitrogens is 2. The van der Waals surface area contributed by atoms with Gasteiger partial charge in [-0.1, -0.05) is 12.1 Å². The van der Waals surface area contributed by atoms with E-state index in [0.717, 1.165) is 5.75 Å². The number of thioether (sulfide) groups is 1. The van der Waals surface area contributed by atoms with Crippen LogP contribution in [0.3, 0.4) is 0 Å². The summed E-state index contributed by atoms with van der Waals surface area (Å²) in [6.07, 6.45) is 2.02. The van der Waals surface area contributed by atoms with Gasteiger partial charge in [-0.3, -0.25) is 9.36 Å². The molecule has 1 atom stereocenters. The molecular formula is C13H15ClN2OS. The van der Waals surface area contributed by atoms with Crippen LogP contribution >= 0.6 is 23.4 Å². The Morgan fingerprint density at radius 1 is 1.44 bits per heavy atom. The number of rotatable bonds is 4. The monoisotopic (exact) mass is 282 g/mol. The smallest absolute Gasteiger partial charge is 0.261 e. The van der Waals surface area contributed by atoms with E-state index < -0.39 is 0 Å². The van der Waals surface area contributed by atoms with Crippen molar-refractivity contribution in [3.05, 3.63) is 40.4 Å². The molecule has 5 heteroatoms. The van der Waals surface area contributed by atoms with Crippen molar-refractivity contribution in [1.82, 2.24) is 9.55 Å². The van der Waals surface area contributed by atoms with Crippen LogP contribution in [0.5, 0.6) is 0 Å². The number of halogens is 1. The molecule has 0 saturated heterocycles. The van der Waals surface area contributed by atoms with Crippen molar-refractivity contribution in [1.29, 1.82) is 0 Å². The largest absolute Gasteiger partial charge is 0.291 e. The van der Waals surface area contributed by atoms with Crippen molar-refractivity contribution in [3.8, 4) is 0 Å². The number of benzene rings is 1. The van der Waals surface area contributed by atoms with Gasteiger partial charge in [-0.25, -0.2) is 4.98 Å². The Kier molecular flexibility index (Phi) is 4.30. The third-order valence-electron chi connectivity index (χ3n) is 2.85. The minimum Gasteiger partial charge on any atom is -0.291 e. The van der Waals surface area contributed by atoms with Crippen LogP contribution in [0, 0.1) is 0 Å². The van der Waals surface area contributed by atoms with Crippen molar-refractivity contribution in [2.24, 2.45) is 0 Å². The van der Waals surface area contributed by atoms with E-state index in [2.05, 4.69) is 4.98 Å². The Morgan fingerprint density at radius 3 is 2.83 bits per heavy atom. The lowest BCUT2D eigenvalue weighted by atomic mass is 10.2. The minimum atomic E-state index is -0.00204. The van der Waals surface area contributed by atoms with Crippen LogP contribution in [0.2, 0.25) is 0 Å². The molecule has 0 bridgehead atoms. The molecule has 0 spiro atoms. The molecular weight excluding hydrogens is 268 g/mol. The Bertz CT molecular complexity index is 611. The van der Waals surface area contributed by atoms with Gasteiger partial charge in [0.05, 0.1) is 16.8 Å². The van der Waals surface area contributed by atoms with Crippen molar-refractivity contribution in [2.45, 2.75) is 18.8 Å². The zero-order valence-electron chi connectivity index (χ0n) is 10.4. The van der Waals surface area contributed by atoms with Crippen molar-refractivity contribution < 1.29 is 0 Å². The number of hydrogen-bond donors (Lipinski definition) is 0. The van der Waals surface area contributed by atoms with Gasteiger partial charge >= 0.3 is 0 Å². The molecule has 3 nitrogen and oxygen atoms in total. The first kappa shape index (κ1) is 13.4. The molecule has 0 fully saturated rings. The van der Waals surface area contributed by atoms with Crippen LogP contribution < -0.4 is 5.56 Å². The quantitative estimate of drug-likeness (QED) is 0.809. The molecule has 0 saturated carbocycles. The average molecular weight is 283 g/mol. The number of para-hydroxylation sites is 1. The maximum absolute atomic E-state index is 12.5. The molecule has 1 aromatic heterocycles. The first-order valence-corrected chi connectivity index (χ1v) is 7.67. The number of alkyl halides is 1. The first-order chi connectivity index (χ1) is 8.69. The fourth-order valence-electron chi connectivity index (χ4n) is 2.06. The van der Waals surface area contributed by atoms with E-state index in [-0.39, 0.29) is 17.5 Å². The van der Waals surface area contributed by atoms with Crippen LogP contribution in [0.4, 0.5) is 0 Å². The first-order valence-electron chi connectivity index (χ1n) is 5.74. The van der Waals surface area contributed by atoms with E-state index in [1.165, 1.54) is 0 Å². The van der Waals surface area contributed by atoms with Crippen molar-refractivity contribution in [3.63, 3.8) is 0 Å². The lowest BCUT2D eigenvalue weighted by Crippen LogP contribution is -2.28. The normalized spacial score (nSPS) is 12.8. The van der Waals surface area contributed by atoms with Gasteiger partial charge in [0, 0.05) is 11.8 Å². The van der Waals surface area contributed by atoms with Crippen molar-refractivity contribution in [2.75, 3.05) is 12.0 Å². The third-order valence-corrected chi connectivity index (χ3v) is 3.90. The number of hydrogen-bond acceptors (Lipinski definition) is 3. The molecule has 0 aliphatic rings. The Hall–Kier alpha value is -1.00. The lowest BCUT2D eigenvalue weighted by molar-refractivity contribution is 0.560. The van der Waals surface area contributed by atoms with Crippen LogP contribution in [0.15, 0.2) is 29.1 Å². The van der Waals surface area contributed by atoms with Crippen LogP contribution in [0.1, 0.15) is 18.8 Å². The Balaban J connectivity index is 2.70. The fourth-order valence-corrected chi connectivity index (χ4v) is 2.88. The van der Waals surface area contributed by atoms with Crippen LogP contribution in [-0.4, -0.2) is 21.6 Å². The van der Waals surface area contributed by atoms with Gasteiger partial charge in [0.2, 0.25) is 0 Å². The summed E-state index contributed by atoms with van der Waals surface area (Å²) in [5.41, 5.74) is 0.712. The van der Waals surface area contributed by atoms with E-state index in [1.54, 1.807) is 16.3 Å². The lowest BCUT2D eigenvalue weighted by Gasteiger charge is -2.18. The van der Waals surface area contributed by atoms with Gasteiger partial charge < -0.3 is 0 Å². The summed E-state index contributed by atoms with van der Waals surface area (Å²) >= 11 is 7.63. The van der Waals surface area contributed by atoms with E-state index in [4.69, 9.17) is 11.6 Å². The van der Waals surface area contributed by atoms with Gasteiger partial charge in [0.25, 0.3) is 5.56 Å². The Labute approximate surface area is 115 Å². The zero-order valence-corrected chi connectivity index (χ0v) is 12.0. The topological polar surface area (TPSA) is 34.9 Å². The SMILES string of the molecule is CSCC(C)n1c(CCl)nc2ccccc2c1=O. The second-order valence-electron chi connectivity index (χ2n) is 4.16. The second kappa shape index (κ2) is 5.76. The molecule has 1 heterocycles. The van der Waals surface area contributed by atoms with Gasteiger partial charge in [-0.05, 0) is 25.3 Å². The molecule has 0 amide bonds. The molecule has 1 unspecified atom stereocenters.